The van der Waals surface area contributed by atoms with Crippen LogP contribution in [0.3, 0.4) is 0 Å². The number of piperidine rings is 1. The van der Waals surface area contributed by atoms with Crippen LogP contribution < -0.4 is 16.0 Å². The van der Waals surface area contributed by atoms with Crippen LogP contribution in [0.25, 0.3) is 0 Å². The van der Waals surface area contributed by atoms with E-state index in [0.717, 1.165) is 43.6 Å². The zero-order chi connectivity index (χ0) is 18.5. The molecule has 1 saturated heterocycles. The highest BCUT2D eigenvalue weighted by molar-refractivity contribution is 6.03. The maximum Gasteiger partial charge on any atom is 0.255 e. The van der Waals surface area contributed by atoms with Crippen LogP contribution in [-0.4, -0.2) is 48.3 Å². The molecular formula is C19H26N4O3. The number of imide groups is 1. The predicted octanol–water partition coefficient (Wildman–Crippen LogP) is 1.25. The molecule has 1 atom stereocenters. The van der Waals surface area contributed by atoms with E-state index in [-0.39, 0.29) is 5.91 Å². The summed E-state index contributed by atoms with van der Waals surface area (Å²) in [6, 6.07) is 5.45. The Morgan fingerprint density at radius 1 is 1.38 bits per heavy atom. The summed E-state index contributed by atoms with van der Waals surface area (Å²) in [4.78, 5) is 37.4. The van der Waals surface area contributed by atoms with Crippen LogP contribution in [0.1, 0.15) is 48.5 Å². The van der Waals surface area contributed by atoms with Gasteiger partial charge < -0.3 is 15.5 Å². The molecule has 0 bridgehead atoms. The highest BCUT2D eigenvalue weighted by atomic mass is 16.2. The standard InChI is InChI=1S/C19H26N4O3/c1-2-4-17(18(25)21-12-24)23-11-15-14(19(23)26)5-3-6-16(15)22-13-7-9-20-10-8-13/h3,5-6,12-13,17,20,22H,2,4,7-11H2,1H3,(H,21,24,25). The number of rotatable bonds is 7. The van der Waals surface area contributed by atoms with E-state index in [1.807, 2.05) is 25.1 Å². The van der Waals surface area contributed by atoms with Crippen molar-refractivity contribution in [2.75, 3.05) is 18.4 Å². The average molecular weight is 358 g/mol. The van der Waals surface area contributed by atoms with Crippen molar-refractivity contribution in [1.82, 2.24) is 15.5 Å². The minimum atomic E-state index is -0.628. The van der Waals surface area contributed by atoms with Crippen LogP contribution >= 0.6 is 0 Å². The molecule has 2 heterocycles. The van der Waals surface area contributed by atoms with E-state index in [4.69, 9.17) is 0 Å². The first-order chi connectivity index (χ1) is 12.7. The number of hydrogen-bond acceptors (Lipinski definition) is 5. The lowest BCUT2D eigenvalue weighted by Gasteiger charge is -2.27. The number of hydrogen-bond donors (Lipinski definition) is 3. The van der Waals surface area contributed by atoms with Gasteiger partial charge in [-0.25, -0.2) is 0 Å². The molecule has 1 unspecified atom stereocenters. The molecule has 1 aromatic carbocycles. The van der Waals surface area contributed by atoms with Gasteiger partial charge in [-0.15, -0.1) is 0 Å². The quantitative estimate of drug-likeness (QED) is 0.638. The number of benzene rings is 1. The molecule has 7 heteroatoms. The molecule has 0 aromatic heterocycles. The minimum Gasteiger partial charge on any atom is -0.382 e. The minimum absolute atomic E-state index is 0.145. The van der Waals surface area contributed by atoms with Gasteiger partial charge in [-0.1, -0.05) is 19.4 Å². The molecule has 0 spiro atoms. The van der Waals surface area contributed by atoms with Crippen LogP contribution in [0.2, 0.25) is 0 Å². The Balaban J connectivity index is 1.81. The van der Waals surface area contributed by atoms with Crippen molar-refractivity contribution >= 4 is 23.9 Å². The topological polar surface area (TPSA) is 90.5 Å². The summed E-state index contributed by atoms with van der Waals surface area (Å²) >= 11 is 0. The molecule has 0 aliphatic carbocycles. The van der Waals surface area contributed by atoms with Gasteiger partial charge in [-0.3, -0.25) is 19.7 Å². The van der Waals surface area contributed by atoms with Gasteiger partial charge in [0, 0.05) is 29.4 Å². The molecule has 1 aromatic rings. The van der Waals surface area contributed by atoms with Crippen molar-refractivity contribution in [2.24, 2.45) is 0 Å². The molecule has 3 N–H and O–H groups in total. The number of amides is 3. The molecule has 0 saturated carbocycles. The van der Waals surface area contributed by atoms with Crippen molar-refractivity contribution in [3.8, 4) is 0 Å². The van der Waals surface area contributed by atoms with Gasteiger partial charge in [0.1, 0.15) is 6.04 Å². The van der Waals surface area contributed by atoms with Gasteiger partial charge in [0.05, 0.1) is 0 Å². The second-order valence-corrected chi connectivity index (χ2v) is 6.86. The van der Waals surface area contributed by atoms with Crippen molar-refractivity contribution in [2.45, 2.75) is 51.2 Å². The summed E-state index contributed by atoms with van der Waals surface area (Å²) in [5.41, 5.74) is 2.55. The molecular weight excluding hydrogens is 332 g/mol. The molecule has 2 aliphatic heterocycles. The van der Waals surface area contributed by atoms with Crippen LogP contribution in [0.15, 0.2) is 18.2 Å². The summed E-state index contributed by atoms with van der Waals surface area (Å²) < 4.78 is 0. The van der Waals surface area contributed by atoms with Gasteiger partial charge in [-0.05, 0) is 44.5 Å². The number of anilines is 1. The molecule has 3 amide bonds. The van der Waals surface area contributed by atoms with Crippen LogP contribution in [0.4, 0.5) is 5.69 Å². The average Bonchev–Trinajstić information content (AvgIpc) is 2.98. The predicted molar refractivity (Wildman–Crippen MR) is 98.7 cm³/mol. The fraction of sp³-hybridized carbons (Fsp3) is 0.526. The van der Waals surface area contributed by atoms with Gasteiger partial charge in [0.2, 0.25) is 12.3 Å². The monoisotopic (exact) mass is 358 g/mol. The Bertz CT molecular complexity index is 685. The molecule has 140 valence electrons. The van der Waals surface area contributed by atoms with Gasteiger partial charge in [-0.2, -0.15) is 0 Å². The van der Waals surface area contributed by atoms with Gasteiger partial charge in [0.15, 0.2) is 0 Å². The Morgan fingerprint density at radius 2 is 2.15 bits per heavy atom. The maximum atomic E-state index is 12.9. The summed E-state index contributed by atoms with van der Waals surface area (Å²) in [6.45, 7) is 4.32. The Kier molecular flexibility index (Phi) is 5.88. The van der Waals surface area contributed by atoms with E-state index in [0.29, 0.717) is 31.0 Å². The largest absolute Gasteiger partial charge is 0.382 e. The van der Waals surface area contributed by atoms with E-state index >= 15 is 0 Å². The zero-order valence-electron chi connectivity index (χ0n) is 15.1. The maximum absolute atomic E-state index is 12.9. The summed E-state index contributed by atoms with van der Waals surface area (Å²) in [5, 5.41) is 9.12. The normalized spacial score (nSPS) is 18.3. The van der Waals surface area contributed by atoms with E-state index in [1.54, 1.807) is 4.90 Å². The summed E-state index contributed by atoms with van der Waals surface area (Å²) in [5.74, 6) is -0.565. The third-order valence-corrected chi connectivity index (χ3v) is 5.14. The summed E-state index contributed by atoms with van der Waals surface area (Å²) in [6.07, 6.45) is 3.74. The van der Waals surface area contributed by atoms with Crippen molar-refractivity contribution in [1.29, 1.82) is 0 Å². The van der Waals surface area contributed by atoms with Crippen molar-refractivity contribution < 1.29 is 14.4 Å². The fourth-order valence-electron chi connectivity index (χ4n) is 3.78. The first kappa shape index (κ1) is 18.4. The Hall–Kier alpha value is -2.41. The lowest BCUT2D eigenvalue weighted by molar-refractivity contribution is -0.129. The molecule has 7 nitrogen and oxygen atoms in total. The molecule has 1 fully saturated rings. The smallest absolute Gasteiger partial charge is 0.255 e. The molecule has 0 radical (unpaired) electrons. The van der Waals surface area contributed by atoms with Crippen LogP contribution in [-0.2, 0) is 16.1 Å². The summed E-state index contributed by atoms with van der Waals surface area (Å²) in [7, 11) is 0. The lowest BCUT2D eigenvalue weighted by Crippen LogP contribution is -2.46. The van der Waals surface area contributed by atoms with E-state index < -0.39 is 11.9 Å². The van der Waals surface area contributed by atoms with E-state index in [2.05, 4.69) is 16.0 Å². The first-order valence-electron chi connectivity index (χ1n) is 9.29. The third kappa shape index (κ3) is 3.72. The van der Waals surface area contributed by atoms with E-state index in [1.165, 1.54) is 0 Å². The van der Waals surface area contributed by atoms with Crippen molar-refractivity contribution in [3.63, 3.8) is 0 Å². The van der Waals surface area contributed by atoms with Crippen LogP contribution in [0.5, 0.6) is 0 Å². The van der Waals surface area contributed by atoms with Crippen LogP contribution in [0, 0.1) is 0 Å². The number of fused-ring (bicyclic) bond motifs is 1. The molecule has 26 heavy (non-hydrogen) atoms. The number of nitrogens with zero attached hydrogens (tertiary/aromatic N) is 1. The fourth-order valence-corrected chi connectivity index (χ4v) is 3.78. The highest BCUT2D eigenvalue weighted by Gasteiger charge is 2.37. The number of carbonyl (C=O) groups is 3. The third-order valence-electron chi connectivity index (χ3n) is 5.14. The number of nitrogens with one attached hydrogen (secondary N) is 3. The zero-order valence-corrected chi connectivity index (χ0v) is 15.1. The first-order valence-corrected chi connectivity index (χ1v) is 9.29. The molecule has 2 aliphatic rings. The van der Waals surface area contributed by atoms with Gasteiger partial charge >= 0.3 is 0 Å². The van der Waals surface area contributed by atoms with Crippen molar-refractivity contribution in [3.05, 3.63) is 29.3 Å². The molecule has 3 rings (SSSR count). The number of carbonyl (C=O) groups excluding carboxylic acids is 3. The lowest BCUT2D eigenvalue weighted by atomic mass is 10.0. The second-order valence-electron chi connectivity index (χ2n) is 6.86. The van der Waals surface area contributed by atoms with Gasteiger partial charge in [0.25, 0.3) is 5.91 Å². The highest BCUT2D eigenvalue weighted by Crippen LogP contribution is 2.32. The Morgan fingerprint density at radius 3 is 2.85 bits per heavy atom. The second kappa shape index (κ2) is 8.31. The van der Waals surface area contributed by atoms with E-state index in [9.17, 15) is 14.4 Å². The SMILES string of the molecule is CCCC(C(=O)NC=O)N1Cc2c(NC3CCNCC3)cccc2C1=O. The Labute approximate surface area is 153 Å².